The van der Waals surface area contributed by atoms with Gasteiger partial charge in [0.15, 0.2) is 5.16 Å². The molecule has 6 nitrogen and oxygen atoms in total. The lowest BCUT2D eigenvalue weighted by Gasteiger charge is -2.19. The number of methoxy groups -OCH3 is 1. The summed E-state index contributed by atoms with van der Waals surface area (Å²) in [6.45, 7) is 2.07. The highest BCUT2D eigenvalue weighted by Crippen LogP contribution is 2.41. The molecule has 0 radical (unpaired) electrons. The van der Waals surface area contributed by atoms with E-state index in [0.717, 1.165) is 29.1 Å². The van der Waals surface area contributed by atoms with Gasteiger partial charge in [-0.3, -0.25) is 4.57 Å². The maximum absolute atomic E-state index is 11.6. The van der Waals surface area contributed by atoms with Crippen molar-refractivity contribution in [2.45, 2.75) is 30.2 Å². The summed E-state index contributed by atoms with van der Waals surface area (Å²) in [4.78, 5) is 11.6. The number of halogens is 2. The number of nitrogens with zero attached hydrogens (tertiary/aromatic N) is 3. The third kappa shape index (κ3) is 5.64. The number of carbonyl (C=O) groups is 1. The first-order valence-electron chi connectivity index (χ1n) is 10.9. The van der Waals surface area contributed by atoms with Crippen LogP contribution in [0.5, 0.6) is 5.75 Å². The van der Waals surface area contributed by atoms with Gasteiger partial charge < -0.3 is 9.84 Å². The smallest absolute Gasteiger partial charge is 0.339 e. The minimum absolute atomic E-state index is 0.0933. The fraction of sp³-hybridized carbons (Fsp3) is 0.192. The van der Waals surface area contributed by atoms with Gasteiger partial charge in [-0.05, 0) is 53.9 Å². The quantitative estimate of drug-likeness (QED) is 0.233. The van der Waals surface area contributed by atoms with Crippen molar-refractivity contribution in [1.82, 2.24) is 14.8 Å². The van der Waals surface area contributed by atoms with Crippen LogP contribution in [0, 0.1) is 0 Å². The van der Waals surface area contributed by atoms with Crippen molar-refractivity contribution >= 4 is 40.9 Å². The van der Waals surface area contributed by atoms with Gasteiger partial charge >= 0.3 is 5.97 Å². The van der Waals surface area contributed by atoms with Gasteiger partial charge in [0, 0.05) is 22.5 Å². The third-order valence-corrected chi connectivity index (χ3v) is 7.18. The van der Waals surface area contributed by atoms with E-state index in [0.29, 0.717) is 21.6 Å². The Labute approximate surface area is 217 Å². The molecule has 35 heavy (non-hydrogen) atoms. The van der Waals surface area contributed by atoms with E-state index in [-0.39, 0.29) is 16.6 Å². The zero-order valence-electron chi connectivity index (χ0n) is 19.1. The fourth-order valence-electron chi connectivity index (χ4n) is 3.73. The average Bonchev–Trinajstić information content (AvgIpc) is 3.25. The normalized spacial score (nSPS) is 11.1. The highest BCUT2D eigenvalue weighted by Gasteiger charge is 2.23. The second-order valence-electron chi connectivity index (χ2n) is 7.77. The van der Waals surface area contributed by atoms with E-state index in [9.17, 15) is 9.90 Å². The van der Waals surface area contributed by atoms with Gasteiger partial charge in [-0.25, -0.2) is 4.79 Å². The first-order chi connectivity index (χ1) is 16.9. The van der Waals surface area contributed by atoms with Gasteiger partial charge in [-0.1, -0.05) is 66.2 Å². The Morgan fingerprint density at radius 3 is 2.11 bits per heavy atom. The highest BCUT2D eigenvalue weighted by molar-refractivity contribution is 7.99. The minimum Gasteiger partial charge on any atom is -0.496 e. The number of aromatic carboxylic acids is 1. The number of carboxylic acids is 1. The largest absolute Gasteiger partial charge is 0.496 e. The molecule has 1 heterocycles. The molecule has 0 aliphatic carbocycles. The monoisotopic (exact) mass is 527 g/mol. The number of aryl methyl sites for hydroxylation is 1. The predicted octanol–water partition coefficient (Wildman–Crippen LogP) is 7.12. The predicted molar refractivity (Wildman–Crippen MR) is 139 cm³/mol. The molecule has 4 rings (SSSR count). The Kier molecular flexibility index (Phi) is 8.00. The lowest BCUT2D eigenvalue weighted by Crippen LogP contribution is -2.07. The number of rotatable bonds is 9. The summed E-state index contributed by atoms with van der Waals surface area (Å²) >= 11 is 13.8. The molecule has 9 heteroatoms. The van der Waals surface area contributed by atoms with Gasteiger partial charge in [-0.15, -0.1) is 10.2 Å². The molecule has 4 aromatic rings. The molecule has 0 atom stereocenters. The van der Waals surface area contributed by atoms with Crippen LogP contribution in [0.4, 0.5) is 0 Å². The van der Waals surface area contributed by atoms with Crippen LogP contribution in [0.25, 0.3) is 5.69 Å². The SMILES string of the molecule is CCCc1nnc(SC(c2ccc(Cl)cc2)c2ccc(Cl)cc2)n1-c1ccc(C(=O)O)c(OC)c1. The molecule has 0 amide bonds. The lowest BCUT2D eigenvalue weighted by atomic mass is 10.0. The Morgan fingerprint density at radius 1 is 1.00 bits per heavy atom. The summed E-state index contributed by atoms with van der Waals surface area (Å²) in [5.74, 6) is 0.00576. The van der Waals surface area contributed by atoms with Gasteiger partial charge in [0.2, 0.25) is 0 Å². The Morgan fingerprint density at radius 2 is 1.60 bits per heavy atom. The third-order valence-electron chi connectivity index (χ3n) is 5.42. The van der Waals surface area contributed by atoms with E-state index in [1.807, 2.05) is 53.1 Å². The number of carboxylic acid groups (broad SMARTS) is 1. The number of ether oxygens (including phenoxy) is 1. The number of thioether (sulfide) groups is 1. The summed E-state index contributed by atoms with van der Waals surface area (Å²) in [6.07, 6.45) is 1.59. The minimum atomic E-state index is -1.05. The molecule has 1 aromatic heterocycles. The molecule has 0 bridgehead atoms. The maximum Gasteiger partial charge on any atom is 0.339 e. The highest BCUT2D eigenvalue weighted by atomic mass is 35.5. The van der Waals surface area contributed by atoms with Crippen LogP contribution >= 0.6 is 35.0 Å². The Hall–Kier alpha value is -3.00. The number of benzene rings is 3. The first kappa shape index (κ1) is 25.1. The maximum atomic E-state index is 11.6. The van der Waals surface area contributed by atoms with E-state index in [2.05, 4.69) is 17.1 Å². The molecule has 0 aliphatic heterocycles. The van der Waals surface area contributed by atoms with Crippen LogP contribution in [0.15, 0.2) is 71.9 Å². The van der Waals surface area contributed by atoms with Crippen molar-refractivity contribution in [2.75, 3.05) is 7.11 Å². The van der Waals surface area contributed by atoms with Crippen LogP contribution in [0.1, 0.15) is 45.9 Å². The average molecular weight is 528 g/mol. The second kappa shape index (κ2) is 11.2. The zero-order chi connectivity index (χ0) is 24.9. The molecule has 0 spiro atoms. The van der Waals surface area contributed by atoms with E-state index < -0.39 is 5.97 Å². The summed E-state index contributed by atoms with van der Waals surface area (Å²) in [5, 5.41) is 20.3. The zero-order valence-corrected chi connectivity index (χ0v) is 21.4. The topological polar surface area (TPSA) is 77.2 Å². The standard InChI is InChI=1S/C26H23Cl2N3O3S/c1-3-4-23-29-30-26(31(23)20-13-14-21(25(32)33)22(15-20)34-2)35-24(16-5-9-18(27)10-6-16)17-7-11-19(28)12-8-17/h5-15,24H,3-4H2,1-2H3,(H,32,33). The van der Waals surface area contributed by atoms with Crippen molar-refractivity contribution in [3.8, 4) is 11.4 Å². The van der Waals surface area contributed by atoms with E-state index in [4.69, 9.17) is 27.9 Å². The number of hydrogen-bond acceptors (Lipinski definition) is 5. The first-order valence-corrected chi connectivity index (χ1v) is 12.6. The molecule has 0 unspecified atom stereocenters. The Bertz CT molecular complexity index is 1280. The van der Waals surface area contributed by atoms with Gasteiger partial charge in [0.25, 0.3) is 0 Å². The van der Waals surface area contributed by atoms with Gasteiger partial charge in [-0.2, -0.15) is 0 Å². The van der Waals surface area contributed by atoms with Crippen LogP contribution < -0.4 is 4.74 Å². The second-order valence-corrected chi connectivity index (χ2v) is 9.72. The van der Waals surface area contributed by atoms with E-state index >= 15 is 0 Å². The van der Waals surface area contributed by atoms with E-state index in [1.165, 1.54) is 13.2 Å². The Balaban J connectivity index is 1.82. The fourth-order valence-corrected chi connectivity index (χ4v) is 5.18. The van der Waals surface area contributed by atoms with Crippen molar-refractivity contribution in [1.29, 1.82) is 0 Å². The molecule has 1 N–H and O–H groups in total. The molecule has 0 saturated carbocycles. The van der Waals surface area contributed by atoms with Crippen molar-refractivity contribution < 1.29 is 14.6 Å². The van der Waals surface area contributed by atoms with E-state index in [1.54, 1.807) is 23.9 Å². The van der Waals surface area contributed by atoms with Gasteiger partial charge in [0.1, 0.15) is 17.1 Å². The lowest BCUT2D eigenvalue weighted by molar-refractivity contribution is 0.0693. The summed E-state index contributed by atoms with van der Waals surface area (Å²) in [6, 6.07) is 20.4. The molecular weight excluding hydrogens is 505 g/mol. The van der Waals surface area contributed by atoms with Crippen LogP contribution in [0.2, 0.25) is 10.0 Å². The summed E-state index contributed by atoms with van der Waals surface area (Å²) < 4.78 is 7.32. The number of aromatic nitrogens is 3. The summed E-state index contributed by atoms with van der Waals surface area (Å²) in [7, 11) is 1.46. The van der Waals surface area contributed by atoms with Gasteiger partial charge in [0.05, 0.1) is 18.0 Å². The molecule has 3 aromatic carbocycles. The van der Waals surface area contributed by atoms with Crippen molar-refractivity contribution in [2.24, 2.45) is 0 Å². The van der Waals surface area contributed by atoms with Crippen molar-refractivity contribution in [3.05, 3.63) is 99.3 Å². The van der Waals surface area contributed by atoms with Crippen molar-refractivity contribution in [3.63, 3.8) is 0 Å². The molecule has 0 aliphatic rings. The molecule has 0 saturated heterocycles. The molecule has 180 valence electrons. The summed E-state index contributed by atoms with van der Waals surface area (Å²) in [5.41, 5.74) is 2.92. The number of hydrogen-bond donors (Lipinski definition) is 1. The van der Waals surface area contributed by atoms with Crippen LogP contribution in [-0.2, 0) is 6.42 Å². The molecule has 0 fully saturated rings. The molecular formula is C26H23Cl2N3O3S. The van der Waals surface area contributed by atoms with Crippen LogP contribution in [-0.4, -0.2) is 33.0 Å². The van der Waals surface area contributed by atoms with Crippen LogP contribution in [0.3, 0.4) is 0 Å².